The third-order valence-electron chi connectivity index (χ3n) is 3.92. The number of nitrogens with one attached hydrogen (secondary N) is 1. The summed E-state index contributed by atoms with van der Waals surface area (Å²) in [6, 6.07) is 16.3. The van der Waals surface area contributed by atoms with Crippen molar-refractivity contribution in [1.82, 2.24) is 9.29 Å². The first-order chi connectivity index (χ1) is 10.2. The molecule has 6 heteroatoms. The molecule has 0 saturated carbocycles. The van der Waals surface area contributed by atoms with Crippen LogP contribution in [0.2, 0.25) is 0 Å². The highest BCUT2D eigenvalue weighted by atomic mass is 35.5. The predicted octanol–water partition coefficient (Wildman–Crippen LogP) is 2.90. The maximum Gasteiger partial charge on any atom is 0.268 e. The number of aromatic nitrogens is 1. The quantitative estimate of drug-likeness (QED) is 0.784. The molecular formula is C16H15ClN2O2S. The Labute approximate surface area is 135 Å². The van der Waals surface area contributed by atoms with Crippen molar-refractivity contribution in [2.75, 3.05) is 0 Å². The van der Waals surface area contributed by atoms with Gasteiger partial charge >= 0.3 is 0 Å². The molecule has 3 aromatic rings. The molecule has 0 bridgehead atoms. The van der Waals surface area contributed by atoms with Crippen LogP contribution >= 0.6 is 12.4 Å². The fourth-order valence-corrected chi connectivity index (χ4v) is 4.58. The summed E-state index contributed by atoms with van der Waals surface area (Å²) in [5.41, 5.74) is 2.69. The second-order valence-electron chi connectivity index (χ2n) is 5.13. The van der Waals surface area contributed by atoms with Crippen molar-refractivity contribution in [2.24, 2.45) is 0 Å². The largest absolute Gasteiger partial charge is 0.307 e. The Hall–Kier alpha value is -1.82. The third-order valence-corrected chi connectivity index (χ3v) is 5.68. The third kappa shape index (κ3) is 2.05. The van der Waals surface area contributed by atoms with Crippen LogP contribution in [-0.2, 0) is 23.1 Å². The van der Waals surface area contributed by atoms with Crippen molar-refractivity contribution in [3.63, 3.8) is 0 Å². The van der Waals surface area contributed by atoms with E-state index in [1.807, 2.05) is 30.3 Å². The first-order valence-corrected chi connectivity index (χ1v) is 8.26. The van der Waals surface area contributed by atoms with Gasteiger partial charge in [0.25, 0.3) is 10.0 Å². The highest BCUT2D eigenvalue weighted by Crippen LogP contribution is 2.32. The van der Waals surface area contributed by atoms with Crippen molar-refractivity contribution in [2.45, 2.75) is 18.0 Å². The van der Waals surface area contributed by atoms with Crippen LogP contribution < -0.4 is 5.32 Å². The summed E-state index contributed by atoms with van der Waals surface area (Å²) in [4.78, 5) is 0.320. The van der Waals surface area contributed by atoms with Gasteiger partial charge in [0.15, 0.2) is 0 Å². The minimum absolute atomic E-state index is 0. The molecule has 0 atom stereocenters. The molecule has 0 radical (unpaired) electrons. The van der Waals surface area contributed by atoms with Crippen molar-refractivity contribution in [3.05, 3.63) is 65.9 Å². The van der Waals surface area contributed by atoms with Crippen LogP contribution in [0.25, 0.3) is 10.9 Å². The van der Waals surface area contributed by atoms with E-state index in [0.717, 1.165) is 22.2 Å². The molecule has 4 nitrogen and oxygen atoms in total. The van der Waals surface area contributed by atoms with E-state index < -0.39 is 10.0 Å². The van der Waals surface area contributed by atoms with E-state index in [0.29, 0.717) is 18.0 Å². The summed E-state index contributed by atoms with van der Waals surface area (Å²) < 4.78 is 27.5. The Morgan fingerprint density at radius 1 is 0.909 bits per heavy atom. The van der Waals surface area contributed by atoms with E-state index in [4.69, 9.17) is 0 Å². The summed E-state index contributed by atoms with van der Waals surface area (Å²) in [6.07, 6.45) is 0. The fourth-order valence-electron chi connectivity index (χ4n) is 2.98. The van der Waals surface area contributed by atoms with Gasteiger partial charge < -0.3 is 5.32 Å². The van der Waals surface area contributed by atoms with Crippen LogP contribution in [-0.4, -0.2) is 12.4 Å². The van der Waals surface area contributed by atoms with Gasteiger partial charge in [-0.15, -0.1) is 12.4 Å². The van der Waals surface area contributed by atoms with E-state index in [2.05, 4.69) is 5.32 Å². The smallest absolute Gasteiger partial charge is 0.268 e. The minimum Gasteiger partial charge on any atom is -0.307 e. The van der Waals surface area contributed by atoms with Gasteiger partial charge in [0.2, 0.25) is 0 Å². The zero-order chi connectivity index (χ0) is 14.4. The van der Waals surface area contributed by atoms with Crippen LogP contribution in [0, 0.1) is 0 Å². The summed E-state index contributed by atoms with van der Waals surface area (Å²) in [6.45, 7) is 1.29. The molecule has 0 spiro atoms. The summed E-state index contributed by atoms with van der Waals surface area (Å²) >= 11 is 0. The van der Waals surface area contributed by atoms with E-state index >= 15 is 0 Å². The molecule has 1 aliphatic heterocycles. The lowest BCUT2D eigenvalue weighted by Crippen LogP contribution is -2.16. The van der Waals surface area contributed by atoms with Crippen molar-refractivity contribution >= 4 is 33.3 Å². The molecule has 1 aliphatic rings. The summed E-state index contributed by atoms with van der Waals surface area (Å²) in [5.74, 6) is 0. The van der Waals surface area contributed by atoms with Crippen molar-refractivity contribution in [1.29, 1.82) is 0 Å². The van der Waals surface area contributed by atoms with Gasteiger partial charge in [0.05, 0.1) is 16.1 Å². The van der Waals surface area contributed by atoms with Gasteiger partial charge in [-0.2, -0.15) is 0 Å². The lowest BCUT2D eigenvalue weighted by molar-refractivity contribution is 0.586. The average Bonchev–Trinajstić information content (AvgIpc) is 3.08. The monoisotopic (exact) mass is 334 g/mol. The molecule has 22 heavy (non-hydrogen) atoms. The van der Waals surface area contributed by atoms with E-state index in [1.54, 1.807) is 24.3 Å². The zero-order valence-corrected chi connectivity index (χ0v) is 13.3. The maximum absolute atomic E-state index is 13.0. The second kappa shape index (κ2) is 5.43. The van der Waals surface area contributed by atoms with Crippen molar-refractivity contribution in [3.8, 4) is 0 Å². The number of benzene rings is 2. The maximum atomic E-state index is 13.0. The zero-order valence-electron chi connectivity index (χ0n) is 11.7. The lowest BCUT2D eigenvalue weighted by Gasteiger charge is -2.10. The fraction of sp³-hybridized carbons (Fsp3) is 0.125. The van der Waals surface area contributed by atoms with E-state index in [9.17, 15) is 8.42 Å². The van der Waals surface area contributed by atoms with Crippen LogP contribution in [0.15, 0.2) is 59.5 Å². The van der Waals surface area contributed by atoms with Crippen molar-refractivity contribution < 1.29 is 8.42 Å². The number of halogens is 1. The second-order valence-corrected chi connectivity index (χ2v) is 6.92. The van der Waals surface area contributed by atoms with Gasteiger partial charge in [-0.3, -0.25) is 0 Å². The Morgan fingerprint density at radius 3 is 2.36 bits per heavy atom. The van der Waals surface area contributed by atoms with E-state index in [1.165, 1.54) is 3.97 Å². The standard InChI is InChI=1S/C16H14N2O2S.ClH/c19-21(20,12-6-2-1-3-7-12)18-15-9-5-4-8-13(15)14-10-17-11-16(14)18;/h1-9,17H,10-11H2;1H. The summed E-state index contributed by atoms with van der Waals surface area (Å²) in [7, 11) is -3.57. The molecule has 0 unspecified atom stereocenters. The molecule has 4 rings (SSSR count). The molecule has 0 fully saturated rings. The van der Waals surface area contributed by atoms with Gasteiger partial charge in [-0.25, -0.2) is 12.4 Å². The highest BCUT2D eigenvalue weighted by Gasteiger charge is 2.28. The van der Waals surface area contributed by atoms with Crippen LogP contribution in [0.1, 0.15) is 11.3 Å². The first kappa shape index (κ1) is 15.1. The summed E-state index contributed by atoms with van der Waals surface area (Å²) in [5, 5.41) is 4.25. The molecule has 2 heterocycles. The SMILES string of the molecule is Cl.O=S(=O)(c1ccccc1)n1c2c(c3ccccc31)CNC2. The highest BCUT2D eigenvalue weighted by molar-refractivity contribution is 7.90. The Bertz CT molecular complexity index is 933. The first-order valence-electron chi connectivity index (χ1n) is 6.82. The van der Waals surface area contributed by atoms with Gasteiger partial charge in [-0.05, 0) is 23.8 Å². The Kier molecular flexibility index (Phi) is 3.72. The minimum atomic E-state index is -3.57. The lowest BCUT2D eigenvalue weighted by atomic mass is 10.1. The Balaban J connectivity index is 0.00000144. The molecule has 0 amide bonds. The number of rotatable bonds is 2. The van der Waals surface area contributed by atoms with E-state index in [-0.39, 0.29) is 12.4 Å². The topological polar surface area (TPSA) is 51.1 Å². The van der Waals surface area contributed by atoms with Crippen LogP contribution in [0.5, 0.6) is 0 Å². The molecular weight excluding hydrogens is 320 g/mol. The molecule has 1 N–H and O–H groups in total. The number of hydrogen-bond donors (Lipinski definition) is 1. The number of fused-ring (bicyclic) bond motifs is 3. The normalized spacial score (nSPS) is 13.8. The average molecular weight is 335 g/mol. The van der Waals surface area contributed by atoms with Gasteiger partial charge in [0.1, 0.15) is 0 Å². The number of nitrogens with zero attached hydrogens (tertiary/aromatic N) is 1. The molecule has 1 aromatic heterocycles. The van der Waals surface area contributed by atoms with Crippen LogP contribution in [0.4, 0.5) is 0 Å². The molecule has 0 aliphatic carbocycles. The van der Waals surface area contributed by atoms with Gasteiger partial charge in [0, 0.05) is 18.5 Å². The Morgan fingerprint density at radius 2 is 1.59 bits per heavy atom. The van der Waals surface area contributed by atoms with Crippen LogP contribution in [0.3, 0.4) is 0 Å². The number of para-hydroxylation sites is 1. The molecule has 0 saturated heterocycles. The molecule has 114 valence electrons. The number of hydrogen-bond acceptors (Lipinski definition) is 3. The van der Waals surface area contributed by atoms with Gasteiger partial charge in [-0.1, -0.05) is 36.4 Å². The molecule has 2 aromatic carbocycles. The predicted molar refractivity (Wildman–Crippen MR) is 88.8 cm³/mol.